The van der Waals surface area contributed by atoms with Gasteiger partial charge in [0, 0.05) is 5.56 Å². The quantitative estimate of drug-likeness (QED) is 0.129. The van der Waals surface area contributed by atoms with Gasteiger partial charge in [-0.25, -0.2) is 4.98 Å². The van der Waals surface area contributed by atoms with Crippen molar-refractivity contribution in [2.75, 3.05) is 27.4 Å². The van der Waals surface area contributed by atoms with E-state index in [0.29, 0.717) is 24.7 Å². The molecule has 0 N–H and O–H groups in total. The van der Waals surface area contributed by atoms with Crippen LogP contribution in [0.4, 0.5) is 0 Å². The molecule has 0 saturated carbocycles. The van der Waals surface area contributed by atoms with Crippen molar-refractivity contribution in [1.29, 1.82) is 0 Å². The van der Waals surface area contributed by atoms with E-state index in [2.05, 4.69) is 57.2 Å². The Morgan fingerprint density at radius 2 is 1.38 bits per heavy atom. The number of para-hydroxylation sites is 1. The fraction of sp³-hybridized carbons (Fsp3) is 0.206. The van der Waals surface area contributed by atoms with Crippen molar-refractivity contribution in [1.82, 2.24) is 4.98 Å². The van der Waals surface area contributed by atoms with Gasteiger partial charge in [-0.2, -0.15) is 0 Å². The summed E-state index contributed by atoms with van der Waals surface area (Å²) in [6.45, 7) is 7.01. The third-order valence-corrected chi connectivity index (χ3v) is 7.92. The van der Waals surface area contributed by atoms with Gasteiger partial charge in [0.05, 0.1) is 24.4 Å². The molecule has 1 aromatic heterocycles. The Morgan fingerprint density at radius 3 is 2.12 bits per heavy atom. The number of fused-ring (bicyclic) bond motifs is 1. The molecular formula is C34H33NO4S. The summed E-state index contributed by atoms with van der Waals surface area (Å²) >= 11 is 1.70. The predicted molar refractivity (Wildman–Crippen MR) is 165 cm³/mol. The highest BCUT2D eigenvalue weighted by Gasteiger charge is 2.10. The van der Waals surface area contributed by atoms with Crippen LogP contribution in [0.5, 0.6) is 23.0 Å². The summed E-state index contributed by atoms with van der Waals surface area (Å²) in [6, 6.07) is 24.5. The third kappa shape index (κ3) is 6.13. The minimum atomic E-state index is 0.386. The van der Waals surface area contributed by atoms with Gasteiger partial charge >= 0.3 is 0 Å². The Hall–Kier alpha value is -4.29. The zero-order valence-corrected chi connectivity index (χ0v) is 24.3. The number of benzene rings is 4. The number of nitrogens with zero attached hydrogens (tertiary/aromatic N) is 1. The fourth-order valence-electron chi connectivity index (χ4n) is 4.51. The number of methoxy groups -OCH3 is 2. The SMILES string of the molecule is COc1ccc(/C=C\c2cc(C)c(C)c(OC)c2)cc1OCCOc1ccc(-c2nc3ccccc3s2)cc1C. The number of ether oxygens (including phenoxy) is 4. The van der Waals surface area contributed by atoms with Crippen LogP contribution < -0.4 is 18.9 Å². The van der Waals surface area contributed by atoms with Crippen LogP contribution in [-0.2, 0) is 0 Å². The monoisotopic (exact) mass is 551 g/mol. The lowest BCUT2D eigenvalue weighted by molar-refractivity contribution is 0.210. The highest BCUT2D eigenvalue weighted by Crippen LogP contribution is 2.33. The van der Waals surface area contributed by atoms with Gasteiger partial charge in [-0.15, -0.1) is 11.3 Å². The van der Waals surface area contributed by atoms with E-state index < -0.39 is 0 Å². The van der Waals surface area contributed by atoms with Crippen molar-refractivity contribution >= 4 is 33.7 Å². The minimum Gasteiger partial charge on any atom is -0.496 e. The van der Waals surface area contributed by atoms with E-state index in [1.54, 1.807) is 25.6 Å². The molecule has 0 fully saturated rings. The zero-order valence-electron chi connectivity index (χ0n) is 23.5. The van der Waals surface area contributed by atoms with E-state index in [9.17, 15) is 0 Å². The summed E-state index contributed by atoms with van der Waals surface area (Å²) in [7, 11) is 3.35. The van der Waals surface area contributed by atoms with E-state index in [0.717, 1.165) is 49.8 Å². The summed E-state index contributed by atoms with van der Waals surface area (Å²) in [5.41, 5.74) is 7.62. The van der Waals surface area contributed by atoms with Crippen LogP contribution in [-0.4, -0.2) is 32.4 Å². The largest absolute Gasteiger partial charge is 0.496 e. The second-order valence-corrected chi connectivity index (χ2v) is 10.6. The molecule has 0 aliphatic heterocycles. The molecule has 6 heteroatoms. The van der Waals surface area contributed by atoms with Crippen LogP contribution in [0.3, 0.4) is 0 Å². The molecule has 0 aliphatic rings. The summed E-state index contributed by atoms with van der Waals surface area (Å²) in [4.78, 5) is 4.77. The Bertz CT molecular complexity index is 1640. The highest BCUT2D eigenvalue weighted by atomic mass is 32.1. The van der Waals surface area contributed by atoms with Crippen molar-refractivity contribution in [2.45, 2.75) is 20.8 Å². The summed E-state index contributed by atoms with van der Waals surface area (Å²) in [5.74, 6) is 3.08. The summed E-state index contributed by atoms with van der Waals surface area (Å²) in [6.07, 6.45) is 4.13. The molecular weight excluding hydrogens is 518 g/mol. The first-order valence-electron chi connectivity index (χ1n) is 13.2. The molecule has 0 atom stereocenters. The molecule has 0 aliphatic carbocycles. The van der Waals surface area contributed by atoms with Crippen LogP contribution in [0, 0.1) is 20.8 Å². The van der Waals surface area contributed by atoms with Gasteiger partial charge in [0.1, 0.15) is 29.7 Å². The molecule has 0 amide bonds. The number of hydrogen-bond donors (Lipinski definition) is 0. The van der Waals surface area contributed by atoms with Crippen molar-refractivity contribution < 1.29 is 18.9 Å². The van der Waals surface area contributed by atoms with E-state index in [4.69, 9.17) is 23.9 Å². The fourth-order valence-corrected chi connectivity index (χ4v) is 5.47. The molecule has 0 radical (unpaired) electrons. The normalized spacial score (nSPS) is 11.2. The van der Waals surface area contributed by atoms with Gasteiger partial charge in [-0.3, -0.25) is 0 Å². The topological polar surface area (TPSA) is 49.8 Å². The minimum absolute atomic E-state index is 0.386. The summed E-state index contributed by atoms with van der Waals surface area (Å²) < 4.78 is 24.3. The average Bonchev–Trinajstić information content (AvgIpc) is 3.41. The van der Waals surface area contributed by atoms with Crippen molar-refractivity contribution in [3.63, 3.8) is 0 Å². The van der Waals surface area contributed by atoms with Crippen molar-refractivity contribution in [3.8, 4) is 33.6 Å². The van der Waals surface area contributed by atoms with Gasteiger partial charge in [-0.1, -0.05) is 36.4 Å². The molecule has 0 saturated heterocycles. The van der Waals surface area contributed by atoms with Crippen LogP contribution in [0.25, 0.3) is 32.9 Å². The Morgan fingerprint density at radius 1 is 0.675 bits per heavy atom. The molecule has 5 nitrogen and oxygen atoms in total. The van der Waals surface area contributed by atoms with Gasteiger partial charge in [-0.05, 0) is 97.1 Å². The van der Waals surface area contributed by atoms with E-state index in [1.165, 1.54) is 10.3 Å². The van der Waals surface area contributed by atoms with Crippen molar-refractivity contribution in [2.24, 2.45) is 0 Å². The van der Waals surface area contributed by atoms with Gasteiger partial charge in [0.2, 0.25) is 0 Å². The lowest BCUT2D eigenvalue weighted by Crippen LogP contribution is -2.10. The molecule has 1 heterocycles. The Labute approximate surface area is 239 Å². The Kier molecular flexibility index (Phi) is 8.37. The van der Waals surface area contributed by atoms with Crippen molar-refractivity contribution in [3.05, 3.63) is 101 Å². The number of hydrogen-bond acceptors (Lipinski definition) is 6. The zero-order chi connectivity index (χ0) is 28.1. The second kappa shape index (κ2) is 12.3. The average molecular weight is 552 g/mol. The van der Waals surface area contributed by atoms with E-state index >= 15 is 0 Å². The number of rotatable bonds is 10. The van der Waals surface area contributed by atoms with Crippen LogP contribution in [0.2, 0.25) is 0 Å². The molecule has 0 spiro atoms. The van der Waals surface area contributed by atoms with E-state index in [-0.39, 0.29) is 0 Å². The lowest BCUT2D eigenvalue weighted by Gasteiger charge is -2.13. The summed E-state index contributed by atoms with van der Waals surface area (Å²) in [5, 5.41) is 1.01. The molecule has 40 heavy (non-hydrogen) atoms. The second-order valence-electron chi connectivity index (χ2n) is 9.57. The predicted octanol–water partition coefficient (Wildman–Crippen LogP) is 8.53. The molecule has 0 unspecified atom stereocenters. The van der Waals surface area contributed by atoms with Crippen LogP contribution in [0.15, 0.2) is 72.8 Å². The lowest BCUT2D eigenvalue weighted by atomic mass is 10.0. The molecule has 204 valence electrons. The van der Waals surface area contributed by atoms with E-state index in [1.807, 2.05) is 48.5 Å². The first-order valence-corrected chi connectivity index (χ1v) is 14.0. The van der Waals surface area contributed by atoms with Gasteiger partial charge in [0.25, 0.3) is 0 Å². The maximum Gasteiger partial charge on any atom is 0.161 e. The Balaban J connectivity index is 1.21. The first-order chi connectivity index (χ1) is 19.4. The molecule has 5 rings (SSSR count). The standard InChI is InChI=1S/C34H33NO4S/c1-22-18-26(21-31(37-5)24(22)3)11-10-25-12-14-30(36-4)32(20-25)39-17-16-38-29-15-13-27(19-23(29)2)34-35-28-8-6-7-9-33(28)40-34/h6-15,18-21H,16-17H2,1-5H3/b11-10-. The highest BCUT2D eigenvalue weighted by molar-refractivity contribution is 7.21. The number of aromatic nitrogens is 1. The third-order valence-electron chi connectivity index (χ3n) is 6.83. The maximum absolute atomic E-state index is 6.07. The smallest absolute Gasteiger partial charge is 0.161 e. The molecule has 5 aromatic rings. The number of thiazole rings is 1. The van der Waals surface area contributed by atoms with Crippen LogP contribution in [0.1, 0.15) is 27.8 Å². The van der Waals surface area contributed by atoms with Gasteiger partial charge < -0.3 is 18.9 Å². The molecule has 0 bridgehead atoms. The number of aryl methyl sites for hydroxylation is 2. The maximum atomic E-state index is 6.07. The van der Waals surface area contributed by atoms with Gasteiger partial charge in [0.15, 0.2) is 11.5 Å². The first kappa shape index (κ1) is 27.3. The molecule has 4 aromatic carbocycles. The van der Waals surface area contributed by atoms with Crippen LogP contribution >= 0.6 is 11.3 Å².